The summed E-state index contributed by atoms with van der Waals surface area (Å²) in [5.74, 6) is -0.629. The maximum atomic E-state index is 12.2. The van der Waals surface area contributed by atoms with Crippen LogP contribution in [0.15, 0.2) is 58.3 Å². The van der Waals surface area contributed by atoms with Crippen molar-refractivity contribution in [1.82, 2.24) is 0 Å². The van der Waals surface area contributed by atoms with E-state index in [1.165, 1.54) is 30.0 Å². The van der Waals surface area contributed by atoms with Crippen molar-refractivity contribution in [2.75, 3.05) is 10.6 Å². The Morgan fingerprint density at radius 1 is 1.20 bits per heavy atom. The second-order valence-electron chi connectivity index (χ2n) is 5.42. The average molecular weight is 377 g/mol. The first-order valence-corrected chi connectivity index (χ1v) is 9.75. The van der Waals surface area contributed by atoms with E-state index in [0.717, 1.165) is 10.6 Å². The number of hydrogen-bond donors (Lipinski definition) is 3. The van der Waals surface area contributed by atoms with Gasteiger partial charge < -0.3 is 10.6 Å². The molecule has 2 amide bonds. The van der Waals surface area contributed by atoms with Gasteiger partial charge in [-0.1, -0.05) is 18.2 Å². The van der Waals surface area contributed by atoms with Gasteiger partial charge in [0, 0.05) is 17.0 Å². The number of carbonyl (C=O) groups excluding carboxylic acids is 2. The van der Waals surface area contributed by atoms with Gasteiger partial charge in [0.2, 0.25) is 21.8 Å². The Kier molecular flexibility index (Phi) is 4.80. The second kappa shape index (κ2) is 6.87. The van der Waals surface area contributed by atoms with Gasteiger partial charge >= 0.3 is 0 Å². The van der Waals surface area contributed by atoms with Gasteiger partial charge in [-0.3, -0.25) is 9.59 Å². The lowest BCUT2D eigenvalue weighted by Gasteiger charge is -2.23. The van der Waals surface area contributed by atoms with Crippen LogP contribution in [0.1, 0.15) is 6.42 Å². The smallest absolute Gasteiger partial charge is 0.238 e. The minimum absolute atomic E-state index is 0.0373. The summed E-state index contributed by atoms with van der Waals surface area (Å²) in [6, 6.07) is 13.0. The second-order valence-corrected chi connectivity index (χ2v) is 8.22. The number of carbonyl (C=O) groups is 2. The van der Waals surface area contributed by atoms with Crippen molar-refractivity contribution < 1.29 is 18.0 Å². The number of primary sulfonamides is 1. The summed E-state index contributed by atoms with van der Waals surface area (Å²) in [6.07, 6.45) is -0.0373. The third-order valence-corrected chi connectivity index (χ3v) is 5.71. The number of anilines is 2. The van der Waals surface area contributed by atoms with Crippen LogP contribution in [0.5, 0.6) is 0 Å². The molecule has 1 aliphatic heterocycles. The number of benzene rings is 2. The highest BCUT2D eigenvalue weighted by Gasteiger charge is 2.28. The average Bonchev–Trinajstić information content (AvgIpc) is 2.55. The minimum atomic E-state index is -3.85. The van der Waals surface area contributed by atoms with Crippen molar-refractivity contribution in [3.63, 3.8) is 0 Å². The molecule has 4 N–H and O–H groups in total. The molecular weight excluding hydrogens is 362 g/mol. The summed E-state index contributed by atoms with van der Waals surface area (Å²) in [6.45, 7) is 0. The highest BCUT2D eigenvalue weighted by Crippen LogP contribution is 2.36. The summed E-state index contributed by atoms with van der Waals surface area (Å²) in [5.41, 5.74) is 1.04. The number of nitrogens with one attached hydrogen (secondary N) is 2. The molecule has 7 nitrogen and oxygen atoms in total. The maximum absolute atomic E-state index is 12.2. The molecule has 0 radical (unpaired) electrons. The summed E-state index contributed by atoms with van der Waals surface area (Å²) < 4.78 is 22.7. The van der Waals surface area contributed by atoms with Gasteiger partial charge in [-0.05, 0) is 30.3 Å². The predicted molar refractivity (Wildman–Crippen MR) is 95.8 cm³/mol. The molecule has 0 spiro atoms. The number of fused-ring (bicyclic) bond motifs is 1. The van der Waals surface area contributed by atoms with Crippen LogP contribution in [0, 0.1) is 0 Å². The van der Waals surface area contributed by atoms with E-state index in [4.69, 9.17) is 5.14 Å². The van der Waals surface area contributed by atoms with Crippen LogP contribution < -0.4 is 15.8 Å². The van der Waals surface area contributed by atoms with E-state index >= 15 is 0 Å². The quantitative estimate of drug-likeness (QED) is 0.750. The molecule has 130 valence electrons. The zero-order valence-corrected chi connectivity index (χ0v) is 14.6. The molecule has 1 heterocycles. The number of nitrogens with two attached hydrogens (primary N) is 1. The molecule has 3 rings (SSSR count). The number of amides is 2. The van der Waals surface area contributed by atoms with E-state index in [2.05, 4.69) is 10.6 Å². The van der Waals surface area contributed by atoms with Crippen molar-refractivity contribution in [2.24, 2.45) is 5.14 Å². The van der Waals surface area contributed by atoms with Gasteiger partial charge in [0.1, 0.15) is 0 Å². The summed E-state index contributed by atoms with van der Waals surface area (Å²) in [7, 11) is -3.85. The topological polar surface area (TPSA) is 118 Å². The van der Waals surface area contributed by atoms with E-state index in [-0.39, 0.29) is 17.2 Å². The Balaban J connectivity index is 1.68. The molecule has 1 atom stereocenters. The van der Waals surface area contributed by atoms with Crippen LogP contribution in [0.25, 0.3) is 0 Å². The van der Waals surface area contributed by atoms with E-state index in [0.29, 0.717) is 5.69 Å². The van der Waals surface area contributed by atoms with E-state index in [1.54, 1.807) is 12.1 Å². The molecule has 9 heteroatoms. The fourth-order valence-electron chi connectivity index (χ4n) is 2.36. The molecule has 0 saturated carbocycles. The molecule has 0 fully saturated rings. The van der Waals surface area contributed by atoms with Crippen molar-refractivity contribution in [2.45, 2.75) is 21.5 Å². The third-order valence-electron chi connectivity index (χ3n) is 3.52. The van der Waals surface area contributed by atoms with Crippen LogP contribution in [0.4, 0.5) is 11.4 Å². The molecular formula is C16H15N3O4S2. The number of sulfonamides is 1. The number of thioether (sulfide) groups is 1. The van der Waals surface area contributed by atoms with E-state index in [1.807, 2.05) is 18.2 Å². The van der Waals surface area contributed by atoms with Crippen LogP contribution in [-0.2, 0) is 19.6 Å². The Hall–Kier alpha value is -2.36. The Bertz CT molecular complexity index is 944. The molecule has 25 heavy (non-hydrogen) atoms. The summed E-state index contributed by atoms with van der Waals surface area (Å²) >= 11 is 1.32. The van der Waals surface area contributed by atoms with Crippen LogP contribution in [-0.4, -0.2) is 25.5 Å². The molecule has 2 aromatic rings. The molecule has 2 aromatic carbocycles. The minimum Gasteiger partial charge on any atom is -0.326 e. The van der Waals surface area contributed by atoms with Gasteiger partial charge in [-0.15, -0.1) is 11.8 Å². The molecule has 1 aliphatic rings. The fourth-order valence-corrected chi connectivity index (χ4v) is 4.03. The SMILES string of the molecule is NS(=O)(=O)c1cccc(NC(=O)C[C@H]2Sc3ccccc3NC2=O)c1. The zero-order chi connectivity index (χ0) is 18.0. The fraction of sp³-hybridized carbons (Fsp3) is 0.125. The first-order chi connectivity index (χ1) is 11.8. The lowest BCUT2D eigenvalue weighted by atomic mass is 10.2. The molecule has 0 unspecified atom stereocenters. The Morgan fingerprint density at radius 3 is 2.72 bits per heavy atom. The maximum Gasteiger partial charge on any atom is 0.238 e. The lowest BCUT2D eigenvalue weighted by Crippen LogP contribution is -2.32. The van der Waals surface area contributed by atoms with Crippen molar-refractivity contribution >= 4 is 45.0 Å². The van der Waals surface area contributed by atoms with Crippen molar-refractivity contribution in [1.29, 1.82) is 0 Å². The third kappa shape index (κ3) is 4.19. The molecule has 0 saturated heterocycles. The van der Waals surface area contributed by atoms with Crippen LogP contribution >= 0.6 is 11.8 Å². The standard InChI is InChI=1S/C16H15N3O4S2/c17-25(22,23)11-5-3-4-10(8-11)18-15(20)9-14-16(21)19-12-6-1-2-7-13(12)24-14/h1-8,14H,9H2,(H,18,20)(H,19,21)(H2,17,22,23)/t14-/m1/s1. The molecule has 0 aliphatic carbocycles. The highest BCUT2D eigenvalue weighted by molar-refractivity contribution is 8.01. The Morgan fingerprint density at radius 2 is 1.96 bits per heavy atom. The largest absolute Gasteiger partial charge is 0.326 e. The van der Waals surface area contributed by atoms with Crippen LogP contribution in [0.3, 0.4) is 0 Å². The van der Waals surface area contributed by atoms with E-state index < -0.39 is 21.2 Å². The zero-order valence-electron chi connectivity index (χ0n) is 12.9. The van der Waals surface area contributed by atoms with Gasteiger partial charge in [-0.25, -0.2) is 13.6 Å². The van der Waals surface area contributed by atoms with Crippen molar-refractivity contribution in [3.8, 4) is 0 Å². The summed E-state index contributed by atoms with van der Waals surface area (Å²) in [5, 5.41) is 9.88. The van der Waals surface area contributed by atoms with Crippen LogP contribution in [0.2, 0.25) is 0 Å². The monoisotopic (exact) mass is 377 g/mol. The first-order valence-electron chi connectivity index (χ1n) is 7.32. The molecule has 0 aromatic heterocycles. The lowest BCUT2D eigenvalue weighted by molar-refractivity contribution is -0.120. The Labute approximate surface area is 149 Å². The van der Waals surface area contributed by atoms with E-state index in [9.17, 15) is 18.0 Å². The van der Waals surface area contributed by atoms with Gasteiger partial charge in [0.05, 0.1) is 15.8 Å². The normalized spacial score (nSPS) is 16.7. The van der Waals surface area contributed by atoms with Gasteiger partial charge in [-0.2, -0.15) is 0 Å². The number of hydrogen-bond acceptors (Lipinski definition) is 5. The highest BCUT2D eigenvalue weighted by atomic mass is 32.2. The van der Waals surface area contributed by atoms with Gasteiger partial charge in [0.25, 0.3) is 0 Å². The van der Waals surface area contributed by atoms with Gasteiger partial charge in [0.15, 0.2) is 0 Å². The predicted octanol–water partition coefficient (Wildman–Crippen LogP) is 1.78. The number of para-hydroxylation sites is 1. The number of rotatable bonds is 4. The first kappa shape index (κ1) is 17.5. The van der Waals surface area contributed by atoms with Crippen molar-refractivity contribution in [3.05, 3.63) is 48.5 Å². The molecule has 0 bridgehead atoms. The summed E-state index contributed by atoms with van der Waals surface area (Å²) in [4.78, 5) is 25.1.